The lowest BCUT2D eigenvalue weighted by Crippen LogP contribution is -2.30. The van der Waals surface area contributed by atoms with Gasteiger partial charge in [0.2, 0.25) is 0 Å². The number of nitrogens with one attached hydrogen (secondary N) is 1. The second-order valence-electron chi connectivity index (χ2n) is 3.65. The molecule has 0 aliphatic rings. The molecule has 0 heterocycles. The lowest BCUT2D eigenvalue weighted by atomic mass is 10.2. The van der Waals surface area contributed by atoms with Gasteiger partial charge in [-0.3, -0.25) is 5.43 Å². The summed E-state index contributed by atoms with van der Waals surface area (Å²) in [6.07, 6.45) is -0.667. The van der Waals surface area contributed by atoms with Gasteiger partial charge in [-0.1, -0.05) is 0 Å². The van der Waals surface area contributed by atoms with Crippen molar-refractivity contribution in [2.45, 2.75) is 6.61 Å². The molecule has 1 rings (SSSR count). The normalized spacial score (nSPS) is 9.65. The molecule has 94 valence electrons. The van der Waals surface area contributed by atoms with Crippen LogP contribution in [0.2, 0.25) is 0 Å². The highest BCUT2D eigenvalue weighted by Gasteiger charge is 2.05. The maximum absolute atomic E-state index is 10.9. The van der Waals surface area contributed by atoms with Crippen LogP contribution in [0.3, 0.4) is 0 Å². The van der Waals surface area contributed by atoms with Crippen molar-refractivity contribution >= 4 is 11.8 Å². The van der Waals surface area contributed by atoms with Gasteiger partial charge in [0.15, 0.2) is 0 Å². The monoisotopic (exact) mass is 239 g/mol. The largest absolute Gasteiger partial charge is 0.497 e. The van der Waals surface area contributed by atoms with Crippen molar-refractivity contribution in [3.63, 3.8) is 0 Å². The van der Waals surface area contributed by atoms with Crippen LogP contribution in [-0.4, -0.2) is 27.3 Å². The number of anilines is 1. The smallest absolute Gasteiger partial charge is 0.421 e. The number of hydrogen-bond donors (Lipinski definition) is 2. The third kappa shape index (κ3) is 3.84. The van der Waals surface area contributed by atoms with Crippen molar-refractivity contribution in [3.05, 3.63) is 23.8 Å². The number of amides is 1. The van der Waals surface area contributed by atoms with E-state index in [1.165, 1.54) is 0 Å². The van der Waals surface area contributed by atoms with Crippen LogP contribution in [0, 0.1) is 0 Å². The Bertz CT molecular complexity index is 394. The molecular weight excluding hydrogens is 222 g/mol. The molecule has 0 radical (unpaired) electrons. The third-order valence-corrected chi connectivity index (χ3v) is 2.19. The summed E-state index contributed by atoms with van der Waals surface area (Å²) in [5.41, 5.74) is 3.70. The number of carbonyl (C=O) groups excluding carboxylic acids is 1. The van der Waals surface area contributed by atoms with E-state index in [0.717, 1.165) is 11.3 Å². The third-order valence-electron chi connectivity index (χ3n) is 2.19. The fourth-order valence-corrected chi connectivity index (χ4v) is 1.29. The Labute approximate surface area is 100 Å². The van der Waals surface area contributed by atoms with Crippen LogP contribution in [-0.2, 0) is 11.3 Å². The second-order valence-corrected chi connectivity index (χ2v) is 3.65. The highest BCUT2D eigenvalue weighted by molar-refractivity contribution is 5.66. The number of benzene rings is 1. The molecule has 0 aliphatic heterocycles. The number of ether oxygens (including phenoxy) is 2. The van der Waals surface area contributed by atoms with Crippen molar-refractivity contribution in [2.24, 2.45) is 5.84 Å². The molecular formula is C11H17N3O3. The molecule has 0 saturated heterocycles. The van der Waals surface area contributed by atoms with Gasteiger partial charge in [-0.25, -0.2) is 10.6 Å². The summed E-state index contributed by atoms with van der Waals surface area (Å²) < 4.78 is 10.0. The minimum atomic E-state index is -0.667. The van der Waals surface area contributed by atoms with Gasteiger partial charge < -0.3 is 14.4 Å². The van der Waals surface area contributed by atoms with Crippen molar-refractivity contribution < 1.29 is 14.3 Å². The maximum atomic E-state index is 10.9. The standard InChI is InChI=1S/C11H17N3O3/c1-14(2)9-4-8(5-10(6-9)16-3)7-17-11(15)13-12/h4-6H,7,12H2,1-3H3,(H,13,15). The van der Waals surface area contributed by atoms with E-state index in [4.69, 9.17) is 15.3 Å². The van der Waals surface area contributed by atoms with E-state index < -0.39 is 6.09 Å². The van der Waals surface area contributed by atoms with Crippen molar-refractivity contribution in [1.82, 2.24) is 5.43 Å². The minimum Gasteiger partial charge on any atom is -0.497 e. The molecule has 1 aromatic rings. The van der Waals surface area contributed by atoms with E-state index in [9.17, 15) is 4.79 Å². The molecule has 6 heteroatoms. The lowest BCUT2D eigenvalue weighted by Gasteiger charge is -2.15. The SMILES string of the molecule is COc1cc(COC(=O)NN)cc(N(C)C)c1. The van der Waals surface area contributed by atoms with Crippen LogP contribution < -0.4 is 20.9 Å². The first kappa shape index (κ1) is 13.1. The summed E-state index contributed by atoms with van der Waals surface area (Å²) in [4.78, 5) is 12.8. The molecule has 17 heavy (non-hydrogen) atoms. The minimum absolute atomic E-state index is 0.140. The Morgan fingerprint density at radius 2 is 2.12 bits per heavy atom. The number of nitrogens with two attached hydrogens (primary N) is 1. The Morgan fingerprint density at radius 1 is 1.41 bits per heavy atom. The van der Waals surface area contributed by atoms with Gasteiger partial charge in [-0.05, 0) is 17.7 Å². The van der Waals surface area contributed by atoms with E-state index in [0.29, 0.717) is 5.75 Å². The van der Waals surface area contributed by atoms with Crippen molar-refractivity contribution in [1.29, 1.82) is 0 Å². The molecule has 3 N–H and O–H groups in total. The number of carbonyl (C=O) groups is 1. The van der Waals surface area contributed by atoms with Crippen LogP contribution >= 0.6 is 0 Å². The number of hydrogen-bond acceptors (Lipinski definition) is 5. The summed E-state index contributed by atoms with van der Waals surface area (Å²) in [7, 11) is 5.43. The van der Waals surface area contributed by atoms with Gasteiger partial charge >= 0.3 is 6.09 Å². The molecule has 6 nitrogen and oxygen atoms in total. The van der Waals surface area contributed by atoms with Gasteiger partial charge in [0.25, 0.3) is 0 Å². The summed E-state index contributed by atoms with van der Waals surface area (Å²) in [5.74, 6) is 5.62. The predicted octanol–water partition coefficient (Wildman–Crippen LogP) is 0.861. The van der Waals surface area contributed by atoms with E-state index in [1.807, 2.05) is 36.6 Å². The summed E-state index contributed by atoms with van der Waals surface area (Å²) in [6, 6.07) is 5.61. The topological polar surface area (TPSA) is 76.8 Å². The average Bonchev–Trinajstić information content (AvgIpc) is 2.35. The number of rotatable bonds is 4. The van der Waals surface area contributed by atoms with E-state index in [2.05, 4.69) is 0 Å². The summed E-state index contributed by atoms with van der Waals surface area (Å²) in [5, 5.41) is 0. The Kier molecular flexibility index (Phi) is 4.59. The summed E-state index contributed by atoms with van der Waals surface area (Å²) in [6.45, 7) is 0.140. The highest BCUT2D eigenvalue weighted by Crippen LogP contribution is 2.23. The number of hydrazine groups is 1. The molecule has 1 amide bonds. The van der Waals surface area contributed by atoms with Crippen LogP contribution in [0.5, 0.6) is 5.75 Å². The van der Waals surface area contributed by atoms with E-state index in [1.54, 1.807) is 13.2 Å². The summed E-state index contributed by atoms with van der Waals surface area (Å²) >= 11 is 0. The molecule has 0 spiro atoms. The molecule has 1 aromatic carbocycles. The fraction of sp³-hybridized carbons (Fsp3) is 0.364. The van der Waals surface area contributed by atoms with Crippen LogP contribution in [0.25, 0.3) is 0 Å². The second kappa shape index (κ2) is 5.95. The highest BCUT2D eigenvalue weighted by atomic mass is 16.5. The lowest BCUT2D eigenvalue weighted by molar-refractivity contribution is 0.139. The van der Waals surface area contributed by atoms with Crippen LogP contribution in [0.1, 0.15) is 5.56 Å². The molecule has 0 unspecified atom stereocenters. The molecule has 0 aliphatic carbocycles. The molecule has 0 atom stereocenters. The Morgan fingerprint density at radius 3 is 2.65 bits per heavy atom. The first-order valence-corrected chi connectivity index (χ1v) is 5.05. The van der Waals surface area contributed by atoms with Crippen molar-refractivity contribution in [2.75, 3.05) is 26.1 Å². The van der Waals surface area contributed by atoms with Gasteiger partial charge in [0.1, 0.15) is 12.4 Å². The fourth-order valence-electron chi connectivity index (χ4n) is 1.29. The molecule has 0 fully saturated rings. The zero-order valence-electron chi connectivity index (χ0n) is 10.2. The van der Waals surface area contributed by atoms with Crippen molar-refractivity contribution in [3.8, 4) is 5.75 Å². The first-order valence-electron chi connectivity index (χ1n) is 5.05. The zero-order chi connectivity index (χ0) is 12.8. The quantitative estimate of drug-likeness (QED) is 0.463. The van der Waals surface area contributed by atoms with Gasteiger partial charge in [-0.15, -0.1) is 0 Å². The maximum Gasteiger partial charge on any atom is 0.421 e. The predicted molar refractivity (Wildman–Crippen MR) is 64.8 cm³/mol. The van der Waals surface area contributed by atoms with E-state index >= 15 is 0 Å². The van der Waals surface area contributed by atoms with Gasteiger partial charge in [0, 0.05) is 25.8 Å². The van der Waals surface area contributed by atoms with Crippen LogP contribution in [0.15, 0.2) is 18.2 Å². The van der Waals surface area contributed by atoms with E-state index in [-0.39, 0.29) is 6.61 Å². The zero-order valence-corrected chi connectivity index (χ0v) is 10.2. The first-order chi connectivity index (χ1) is 8.06. The average molecular weight is 239 g/mol. The molecule has 0 bridgehead atoms. The van der Waals surface area contributed by atoms with Gasteiger partial charge in [-0.2, -0.15) is 0 Å². The Hall–Kier alpha value is -1.95. The van der Waals surface area contributed by atoms with Crippen LogP contribution in [0.4, 0.5) is 10.5 Å². The number of nitrogens with zero attached hydrogens (tertiary/aromatic N) is 1. The Balaban J connectivity index is 2.83. The number of methoxy groups -OCH3 is 1. The molecule has 0 aromatic heterocycles. The molecule has 0 saturated carbocycles. The van der Waals surface area contributed by atoms with Gasteiger partial charge in [0.05, 0.1) is 7.11 Å².